The predicted molar refractivity (Wildman–Crippen MR) is 73.0 cm³/mol. The molecule has 0 amide bonds. The van der Waals surface area contributed by atoms with Gasteiger partial charge in [-0.05, 0) is 26.8 Å². The Labute approximate surface area is 122 Å². The number of rotatable bonds is 5. The third-order valence-electron chi connectivity index (χ3n) is 3.01. The Bertz CT molecular complexity index is 320. The highest BCUT2D eigenvalue weighted by molar-refractivity contribution is 9.09. The van der Waals surface area contributed by atoms with E-state index in [9.17, 15) is 0 Å². The van der Waals surface area contributed by atoms with E-state index in [-0.39, 0.29) is 24.6 Å². The molecule has 4 atom stereocenters. The second-order valence-electron chi connectivity index (χ2n) is 4.94. The fraction of sp³-hybridized carbons (Fsp3) is 0.846. The molecule has 1 unspecified atom stereocenters. The van der Waals surface area contributed by atoms with Crippen molar-refractivity contribution < 1.29 is 23.7 Å². The van der Waals surface area contributed by atoms with Gasteiger partial charge in [-0.25, -0.2) is 0 Å². The summed E-state index contributed by atoms with van der Waals surface area (Å²) in [7, 11) is 0. The van der Waals surface area contributed by atoms with Crippen LogP contribution < -0.4 is 0 Å². The van der Waals surface area contributed by atoms with E-state index in [0.717, 1.165) is 0 Å². The fourth-order valence-electron chi connectivity index (χ4n) is 2.15. The van der Waals surface area contributed by atoms with Crippen molar-refractivity contribution in [2.45, 2.75) is 51.2 Å². The van der Waals surface area contributed by atoms with E-state index in [2.05, 4.69) is 15.9 Å². The Morgan fingerprint density at radius 1 is 1.47 bits per heavy atom. The minimum atomic E-state index is -0.618. The first-order valence-corrected chi connectivity index (χ1v) is 7.65. The van der Waals surface area contributed by atoms with Gasteiger partial charge < -0.3 is 23.7 Å². The molecule has 2 aliphatic heterocycles. The number of fused-ring (bicyclic) bond motifs is 1. The summed E-state index contributed by atoms with van der Waals surface area (Å²) >= 11 is 3.38. The highest BCUT2D eigenvalue weighted by atomic mass is 79.9. The molecular formula is C13H21BrO5. The van der Waals surface area contributed by atoms with Crippen molar-refractivity contribution in [1.29, 1.82) is 0 Å². The molecule has 2 heterocycles. The van der Waals surface area contributed by atoms with Gasteiger partial charge in [-0.3, -0.25) is 0 Å². The largest absolute Gasteiger partial charge is 0.493 e. The minimum absolute atomic E-state index is 0.138. The van der Waals surface area contributed by atoms with Crippen molar-refractivity contribution in [2.75, 3.05) is 18.5 Å². The van der Waals surface area contributed by atoms with Crippen LogP contribution >= 0.6 is 15.9 Å². The Kier molecular flexibility index (Phi) is 5.25. The van der Waals surface area contributed by atoms with E-state index >= 15 is 0 Å². The van der Waals surface area contributed by atoms with Crippen molar-refractivity contribution in [3.63, 3.8) is 0 Å². The van der Waals surface area contributed by atoms with Gasteiger partial charge in [0.2, 0.25) is 0 Å². The van der Waals surface area contributed by atoms with E-state index in [1.54, 1.807) is 6.26 Å². The lowest BCUT2D eigenvalue weighted by Gasteiger charge is -2.44. The lowest BCUT2D eigenvalue weighted by Crippen LogP contribution is -2.56. The fourth-order valence-corrected chi connectivity index (χ4v) is 2.49. The summed E-state index contributed by atoms with van der Waals surface area (Å²) < 4.78 is 28.4. The summed E-state index contributed by atoms with van der Waals surface area (Å²) in [5.74, 6) is -0.618. The third kappa shape index (κ3) is 3.92. The van der Waals surface area contributed by atoms with Crippen LogP contribution in [-0.2, 0) is 23.7 Å². The van der Waals surface area contributed by atoms with Crippen molar-refractivity contribution >= 4 is 15.9 Å². The van der Waals surface area contributed by atoms with E-state index in [0.29, 0.717) is 18.5 Å². The van der Waals surface area contributed by atoms with Crippen LogP contribution in [0.4, 0.5) is 0 Å². The molecule has 0 radical (unpaired) electrons. The molecule has 0 bridgehead atoms. The molecule has 0 saturated carbocycles. The zero-order chi connectivity index (χ0) is 13.9. The summed E-state index contributed by atoms with van der Waals surface area (Å²) in [6.45, 7) is 6.82. The first-order chi connectivity index (χ1) is 9.05. The molecule has 2 aliphatic rings. The van der Waals surface area contributed by atoms with E-state index < -0.39 is 5.79 Å². The van der Waals surface area contributed by atoms with Crippen LogP contribution in [0.15, 0.2) is 12.3 Å². The summed E-state index contributed by atoms with van der Waals surface area (Å²) in [5, 5.41) is 0.614. The molecule has 0 aliphatic carbocycles. The first kappa shape index (κ1) is 15.3. The van der Waals surface area contributed by atoms with Crippen LogP contribution in [0.25, 0.3) is 0 Å². The first-order valence-electron chi connectivity index (χ1n) is 6.52. The zero-order valence-corrected chi connectivity index (χ0v) is 13.1. The number of hydrogen-bond acceptors (Lipinski definition) is 5. The van der Waals surface area contributed by atoms with Crippen molar-refractivity contribution in [3.8, 4) is 0 Å². The average molecular weight is 337 g/mol. The molecule has 0 aromatic heterocycles. The molecule has 1 fully saturated rings. The van der Waals surface area contributed by atoms with E-state index in [4.69, 9.17) is 23.7 Å². The number of hydrogen-bond donors (Lipinski definition) is 0. The monoisotopic (exact) mass is 336 g/mol. The predicted octanol–water partition coefficient (Wildman–Crippen LogP) is 2.19. The van der Waals surface area contributed by atoms with E-state index in [1.807, 2.05) is 26.8 Å². The molecule has 0 aromatic rings. The summed E-state index contributed by atoms with van der Waals surface area (Å²) in [6, 6.07) is 0. The van der Waals surface area contributed by atoms with Gasteiger partial charge in [0, 0.05) is 6.61 Å². The standard InChI is InChI=1S/C13H21BrO5/c1-4-15-11(7-14)18-9-5-6-16-10-8-17-13(2,3)19-12(9)10/h5-6,9-12H,4,7-8H2,1-3H3/t9-,10-,11?,12+/m1/s1. The van der Waals surface area contributed by atoms with Gasteiger partial charge >= 0.3 is 0 Å². The Hall–Kier alpha value is -0.140. The van der Waals surface area contributed by atoms with Crippen molar-refractivity contribution in [1.82, 2.24) is 0 Å². The number of alkyl halides is 1. The van der Waals surface area contributed by atoms with Crippen LogP contribution in [-0.4, -0.2) is 48.9 Å². The minimum Gasteiger partial charge on any atom is -0.493 e. The smallest absolute Gasteiger partial charge is 0.168 e. The van der Waals surface area contributed by atoms with Crippen LogP contribution in [0.5, 0.6) is 0 Å². The number of ether oxygens (including phenoxy) is 5. The van der Waals surface area contributed by atoms with Gasteiger partial charge in [0.05, 0.1) is 18.2 Å². The second kappa shape index (κ2) is 6.54. The Morgan fingerprint density at radius 2 is 2.26 bits per heavy atom. The van der Waals surface area contributed by atoms with Crippen LogP contribution in [0.1, 0.15) is 20.8 Å². The van der Waals surface area contributed by atoms with Gasteiger partial charge in [0.1, 0.15) is 12.2 Å². The highest BCUT2D eigenvalue weighted by Gasteiger charge is 2.44. The van der Waals surface area contributed by atoms with Crippen molar-refractivity contribution in [3.05, 3.63) is 12.3 Å². The average Bonchev–Trinajstić information content (AvgIpc) is 2.38. The SMILES string of the molecule is CCOC(CBr)O[C@@H]1C=CO[C@@H]2COC(C)(C)O[C@@H]12. The maximum absolute atomic E-state index is 5.93. The highest BCUT2D eigenvalue weighted by Crippen LogP contribution is 2.30. The quantitative estimate of drug-likeness (QED) is 0.569. The molecule has 0 spiro atoms. The molecule has 19 heavy (non-hydrogen) atoms. The van der Waals surface area contributed by atoms with Gasteiger partial charge in [0.15, 0.2) is 18.2 Å². The summed E-state index contributed by atoms with van der Waals surface area (Å²) in [4.78, 5) is 0. The molecule has 6 heteroatoms. The zero-order valence-electron chi connectivity index (χ0n) is 11.5. The summed E-state index contributed by atoms with van der Waals surface area (Å²) in [6.07, 6.45) is 2.69. The van der Waals surface area contributed by atoms with Gasteiger partial charge in [-0.1, -0.05) is 15.9 Å². The maximum atomic E-state index is 5.93. The number of halogens is 1. The molecular weight excluding hydrogens is 316 g/mol. The molecule has 2 rings (SSSR count). The summed E-state index contributed by atoms with van der Waals surface area (Å²) in [5.41, 5.74) is 0. The maximum Gasteiger partial charge on any atom is 0.168 e. The lowest BCUT2D eigenvalue weighted by molar-refractivity contribution is -0.329. The third-order valence-corrected chi connectivity index (χ3v) is 3.54. The van der Waals surface area contributed by atoms with E-state index in [1.165, 1.54) is 0 Å². The van der Waals surface area contributed by atoms with Crippen LogP contribution in [0, 0.1) is 0 Å². The Morgan fingerprint density at radius 3 is 2.95 bits per heavy atom. The molecule has 1 saturated heterocycles. The Balaban J connectivity index is 2.02. The normalized spacial score (nSPS) is 34.4. The molecule has 110 valence electrons. The van der Waals surface area contributed by atoms with Gasteiger partial charge in [-0.15, -0.1) is 0 Å². The molecule has 0 aromatic carbocycles. The lowest BCUT2D eigenvalue weighted by atomic mass is 10.0. The van der Waals surface area contributed by atoms with Gasteiger partial charge in [-0.2, -0.15) is 0 Å². The second-order valence-corrected chi connectivity index (χ2v) is 5.58. The van der Waals surface area contributed by atoms with Crippen LogP contribution in [0.2, 0.25) is 0 Å². The van der Waals surface area contributed by atoms with Gasteiger partial charge in [0.25, 0.3) is 0 Å². The topological polar surface area (TPSA) is 46.2 Å². The van der Waals surface area contributed by atoms with Crippen molar-refractivity contribution in [2.24, 2.45) is 0 Å². The molecule has 5 nitrogen and oxygen atoms in total. The van der Waals surface area contributed by atoms with Crippen LogP contribution in [0.3, 0.4) is 0 Å². The molecule has 0 N–H and O–H groups in total.